The van der Waals surface area contributed by atoms with Crippen LogP contribution in [0.2, 0.25) is 0 Å². The summed E-state index contributed by atoms with van der Waals surface area (Å²) in [5, 5.41) is 0. The number of benzene rings is 2. The van der Waals surface area contributed by atoms with Gasteiger partial charge in [-0.1, -0.05) is 63.2 Å². The Morgan fingerprint density at radius 2 is 1.67 bits per heavy atom. The lowest BCUT2D eigenvalue weighted by atomic mass is 9.87. The molecule has 18 heavy (non-hydrogen) atoms. The zero-order valence-electron chi connectivity index (χ0n) is 11.2. The molecule has 0 aliphatic rings. The molecule has 0 N–H and O–H groups in total. The van der Waals surface area contributed by atoms with Crippen molar-refractivity contribution < 1.29 is 4.39 Å². The van der Waals surface area contributed by atoms with Crippen molar-refractivity contribution >= 4 is 0 Å². The van der Waals surface area contributed by atoms with Crippen molar-refractivity contribution in [3.05, 3.63) is 59.9 Å². The van der Waals surface area contributed by atoms with Crippen molar-refractivity contribution in [2.24, 2.45) is 5.41 Å². The third-order valence-electron chi connectivity index (χ3n) is 2.85. The van der Waals surface area contributed by atoms with Gasteiger partial charge < -0.3 is 0 Å². The quantitative estimate of drug-likeness (QED) is 0.688. The highest BCUT2D eigenvalue weighted by Gasteiger charge is 2.12. The van der Waals surface area contributed by atoms with Crippen LogP contribution in [0.5, 0.6) is 0 Å². The van der Waals surface area contributed by atoms with Gasteiger partial charge in [0.05, 0.1) is 0 Å². The van der Waals surface area contributed by atoms with Crippen LogP contribution >= 0.6 is 0 Å². The van der Waals surface area contributed by atoms with E-state index in [1.165, 1.54) is 11.6 Å². The van der Waals surface area contributed by atoms with Crippen molar-refractivity contribution in [1.29, 1.82) is 0 Å². The molecule has 0 atom stereocenters. The smallest absolute Gasteiger partial charge is 0.131 e. The van der Waals surface area contributed by atoms with Gasteiger partial charge in [0.25, 0.3) is 0 Å². The van der Waals surface area contributed by atoms with Crippen LogP contribution in [0.1, 0.15) is 26.3 Å². The summed E-state index contributed by atoms with van der Waals surface area (Å²) >= 11 is 0. The van der Waals surface area contributed by atoms with E-state index in [1.807, 2.05) is 24.3 Å². The van der Waals surface area contributed by atoms with Crippen LogP contribution in [-0.4, -0.2) is 0 Å². The van der Waals surface area contributed by atoms with Gasteiger partial charge >= 0.3 is 0 Å². The number of rotatable bonds is 2. The van der Waals surface area contributed by atoms with E-state index in [0.717, 1.165) is 12.0 Å². The summed E-state index contributed by atoms with van der Waals surface area (Å²) in [6.45, 7) is 6.63. The summed E-state index contributed by atoms with van der Waals surface area (Å²) in [6, 6.07) is 15.1. The molecule has 0 bridgehead atoms. The molecule has 0 saturated heterocycles. The summed E-state index contributed by atoms with van der Waals surface area (Å²) in [5.74, 6) is -0.162. The second-order valence-corrected chi connectivity index (χ2v) is 5.92. The maximum atomic E-state index is 13.7. The molecule has 0 saturated carbocycles. The van der Waals surface area contributed by atoms with Gasteiger partial charge in [-0.3, -0.25) is 0 Å². The van der Waals surface area contributed by atoms with Crippen molar-refractivity contribution in [1.82, 2.24) is 0 Å². The highest BCUT2D eigenvalue weighted by Crippen LogP contribution is 2.26. The third kappa shape index (κ3) is 3.19. The van der Waals surface area contributed by atoms with Crippen molar-refractivity contribution in [2.75, 3.05) is 0 Å². The van der Waals surface area contributed by atoms with Gasteiger partial charge in [0.15, 0.2) is 0 Å². The zero-order chi connectivity index (χ0) is 13.2. The topological polar surface area (TPSA) is 0 Å². The molecule has 2 aromatic rings. The molecule has 0 fully saturated rings. The monoisotopic (exact) mass is 242 g/mol. The Balaban J connectivity index is 2.36. The van der Waals surface area contributed by atoms with E-state index in [9.17, 15) is 4.39 Å². The molecule has 2 aromatic carbocycles. The summed E-state index contributed by atoms with van der Waals surface area (Å²) in [4.78, 5) is 0. The minimum Gasteiger partial charge on any atom is -0.206 e. The Bertz CT molecular complexity index is 535. The fraction of sp³-hybridized carbons (Fsp3) is 0.294. The SMILES string of the molecule is CC(C)(C)Cc1cccc(-c2ccccc2F)c1. The minimum atomic E-state index is -0.162. The molecule has 0 radical (unpaired) electrons. The Morgan fingerprint density at radius 3 is 2.33 bits per heavy atom. The van der Waals surface area contributed by atoms with E-state index >= 15 is 0 Å². The summed E-state index contributed by atoms with van der Waals surface area (Å²) in [6.07, 6.45) is 0.995. The third-order valence-corrected chi connectivity index (χ3v) is 2.85. The van der Waals surface area contributed by atoms with E-state index in [-0.39, 0.29) is 11.2 Å². The lowest BCUT2D eigenvalue weighted by molar-refractivity contribution is 0.411. The Kier molecular flexibility index (Phi) is 3.51. The maximum Gasteiger partial charge on any atom is 0.131 e. The normalized spacial score (nSPS) is 11.6. The van der Waals surface area contributed by atoms with Gasteiger partial charge in [-0.15, -0.1) is 0 Å². The predicted molar refractivity (Wildman–Crippen MR) is 75.0 cm³/mol. The standard InChI is InChI=1S/C17H19F/c1-17(2,3)12-13-7-6-8-14(11-13)15-9-4-5-10-16(15)18/h4-11H,12H2,1-3H3. The van der Waals surface area contributed by atoms with Crippen LogP contribution in [0.3, 0.4) is 0 Å². The van der Waals surface area contributed by atoms with Gasteiger partial charge in [-0.05, 0) is 29.0 Å². The second kappa shape index (κ2) is 4.93. The lowest BCUT2D eigenvalue weighted by Crippen LogP contribution is -2.09. The highest BCUT2D eigenvalue weighted by atomic mass is 19.1. The van der Waals surface area contributed by atoms with E-state index in [4.69, 9.17) is 0 Å². The number of hydrogen-bond acceptors (Lipinski definition) is 0. The molecule has 0 unspecified atom stereocenters. The van der Waals surface area contributed by atoms with Crippen LogP contribution in [0.25, 0.3) is 11.1 Å². The number of hydrogen-bond donors (Lipinski definition) is 0. The molecular weight excluding hydrogens is 223 g/mol. The average Bonchev–Trinajstić information content (AvgIpc) is 2.27. The fourth-order valence-electron chi connectivity index (χ4n) is 2.16. The zero-order valence-corrected chi connectivity index (χ0v) is 11.2. The van der Waals surface area contributed by atoms with Gasteiger partial charge in [0.2, 0.25) is 0 Å². The molecule has 2 rings (SSSR count). The Labute approximate surface area is 108 Å². The fourth-order valence-corrected chi connectivity index (χ4v) is 2.16. The molecule has 1 heteroatoms. The summed E-state index contributed by atoms with van der Waals surface area (Å²) in [5.41, 5.74) is 3.12. The first kappa shape index (κ1) is 12.8. The van der Waals surface area contributed by atoms with Gasteiger partial charge in [0.1, 0.15) is 5.82 Å². The highest BCUT2D eigenvalue weighted by molar-refractivity contribution is 5.64. The van der Waals surface area contributed by atoms with Crippen molar-refractivity contribution in [2.45, 2.75) is 27.2 Å². The number of halogens is 1. The van der Waals surface area contributed by atoms with Gasteiger partial charge in [-0.25, -0.2) is 4.39 Å². The van der Waals surface area contributed by atoms with Crippen molar-refractivity contribution in [3.63, 3.8) is 0 Å². The lowest BCUT2D eigenvalue weighted by Gasteiger charge is -2.18. The first-order chi connectivity index (χ1) is 8.46. The molecule has 0 aliphatic carbocycles. The second-order valence-electron chi connectivity index (χ2n) is 5.92. The van der Waals surface area contributed by atoms with E-state index in [2.05, 4.69) is 32.9 Å². The van der Waals surface area contributed by atoms with E-state index < -0.39 is 0 Å². The van der Waals surface area contributed by atoms with Crippen molar-refractivity contribution in [3.8, 4) is 11.1 Å². The predicted octanol–water partition coefficient (Wildman–Crippen LogP) is 5.08. The molecular formula is C17H19F. The van der Waals surface area contributed by atoms with E-state index in [1.54, 1.807) is 6.07 Å². The molecule has 0 aromatic heterocycles. The van der Waals surface area contributed by atoms with E-state index in [0.29, 0.717) is 5.56 Å². The molecule has 0 spiro atoms. The van der Waals surface area contributed by atoms with Crippen LogP contribution in [0.4, 0.5) is 4.39 Å². The Morgan fingerprint density at radius 1 is 0.944 bits per heavy atom. The Hall–Kier alpha value is -1.63. The molecule has 0 nitrogen and oxygen atoms in total. The maximum absolute atomic E-state index is 13.7. The minimum absolute atomic E-state index is 0.162. The first-order valence-corrected chi connectivity index (χ1v) is 6.29. The first-order valence-electron chi connectivity index (χ1n) is 6.29. The molecule has 94 valence electrons. The van der Waals surface area contributed by atoms with Gasteiger partial charge in [0, 0.05) is 5.56 Å². The average molecular weight is 242 g/mol. The molecule has 0 heterocycles. The van der Waals surface area contributed by atoms with Crippen LogP contribution in [0, 0.1) is 11.2 Å². The largest absolute Gasteiger partial charge is 0.206 e. The molecule has 0 aliphatic heterocycles. The van der Waals surface area contributed by atoms with Crippen LogP contribution in [0.15, 0.2) is 48.5 Å². The molecule has 0 amide bonds. The van der Waals surface area contributed by atoms with Crippen LogP contribution in [-0.2, 0) is 6.42 Å². The summed E-state index contributed by atoms with van der Waals surface area (Å²) in [7, 11) is 0. The van der Waals surface area contributed by atoms with Gasteiger partial charge in [-0.2, -0.15) is 0 Å². The van der Waals surface area contributed by atoms with Crippen LogP contribution < -0.4 is 0 Å². The summed E-state index contributed by atoms with van der Waals surface area (Å²) < 4.78 is 13.7.